The molecule has 1 aromatic rings. The molecule has 0 saturated carbocycles. The van der Waals surface area contributed by atoms with Crippen molar-refractivity contribution in [3.63, 3.8) is 0 Å². The summed E-state index contributed by atoms with van der Waals surface area (Å²) in [7, 11) is 3.40. The van der Waals surface area contributed by atoms with Crippen LogP contribution in [0.4, 0.5) is 5.69 Å². The van der Waals surface area contributed by atoms with Crippen LogP contribution in [0.15, 0.2) is 42.0 Å². The molecule has 5 heteroatoms. The molecule has 0 aromatic carbocycles. The van der Waals surface area contributed by atoms with Crippen LogP contribution in [-0.4, -0.2) is 30.5 Å². The summed E-state index contributed by atoms with van der Waals surface area (Å²) >= 11 is 0. The Morgan fingerprint density at radius 2 is 2.00 bits per heavy atom. The van der Waals surface area contributed by atoms with Gasteiger partial charge in [-0.1, -0.05) is 0 Å². The van der Waals surface area contributed by atoms with Gasteiger partial charge in [-0.25, -0.2) is 4.98 Å². The first-order valence-corrected chi connectivity index (χ1v) is 6.38. The zero-order valence-electron chi connectivity index (χ0n) is 12.6. The number of nitrogens with zero attached hydrogens (tertiary/aromatic N) is 2. The van der Waals surface area contributed by atoms with Crippen molar-refractivity contribution in [2.24, 2.45) is 0 Å². The van der Waals surface area contributed by atoms with Gasteiger partial charge in [-0.3, -0.25) is 0 Å². The van der Waals surface area contributed by atoms with E-state index >= 15 is 0 Å². The van der Waals surface area contributed by atoms with Crippen LogP contribution in [0.1, 0.15) is 20.8 Å². The third kappa shape index (κ3) is 4.59. The molecule has 1 rings (SSSR count). The molecule has 110 valence electrons. The van der Waals surface area contributed by atoms with Crippen LogP contribution >= 0.6 is 0 Å². The molecule has 1 aromatic heterocycles. The number of hydrogen-bond acceptors (Lipinski definition) is 5. The van der Waals surface area contributed by atoms with Gasteiger partial charge in [-0.05, 0) is 45.1 Å². The number of hydrogen-bond donors (Lipinski definition) is 1. The second kappa shape index (κ2) is 7.55. The van der Waals surface area contributed by atoms with E-state index in [2.05, 4.69) is 4.98 Å². The SMILES string of the molecule is COC(C)=CC=C(C)Oc1ncccc1N(C)C(C)O. The fraction of sp³-hybridized carbons (Fsp3) is 0.400. The summed E-state index contributed by atoms with van der Waals surface area (Å²) in [5, 5.41) is 9.64. The molecule has 1 unspecified atom stereocenters. The number of aliphatic hydroxyl groups excluding tert-OH is 1. The molecule has 0 fully saturated rings. The normalized spacial score (nSPS) is 13.9. The first-order chi connectivity index (χ1) is 9.45. The second-order valence-corrected chi connectivity index (χ2v) is 4.43. The molecule has 0 spiro atoms. The molecule has 1 atom stereocenters. The van der Waals surface area contributed by atoms with Crippen LogP contribution < -0.4 is 9.64 Å². The quantitative estimate of drug-likeness (QED) is 0.492. The number of rotatable bonds is 6. The molecule has 1 heterocycles. The van der Waals surface area contributed by atoms with E-state index < -0.39 is 6.23 Å². The lowest BCUT2D eigenvalue weighted by atomic mass is 10.3. The molecule has 0 radical (unpaired) electrons. The van der Waals surface area contributed by atoms with Crippen molar-refractivity contribution in [2.75, 3.05) is 19.1 Å². The Hall–Kier alpha value is -2.01. The van der Waals surface area contributed by atoms with Gasteiger partial charge in [0, 0.05) is 13.2 Å². The van der Waals surface area contributed by atoms with Gasteiger partial charge in [0.1, 0.15) is 17.7 Å². The molecular formula is C15H22N2O3. The maximum absolute atomic E-state index is 9.64. The van der Waals surface area contributed by atoms with Gasteiger partial charge < -0.3 is 19.5 Å². The molecule has 1 N–H and O–H groups in total. The van der Waals surface area contributed by atoms with Crippen LogP contribution in [0, 0.1) is 0 Å². The lowest BCUT2D eigenvalue weighted by Gasteiger charge is -2.24. The van der Waals surface area contributed by atoms with E-state index in [0.29, 0.717) is 11.6 Å². The summed E-state index contributed by atoms with van der Waals surface area (Å²) in [6.07, 6.45) is 4.65. The zero-order chi connectivity index (χ0) is 15.1. The van der Waals surface area contributed by atoms with Gasteiger partial charge >= 0.3 is 0 Å². The highest BCUT2D eigenvalue weighted by Crippen LogP contribution is 2.26. The van der Waals surface area contributed by atoms with Crippen LogP contribution in [0.2, 0.25) is 0 Å². The van der Waals surface area contributed by atoms with Crippen LogP contribution in [0.25, 0.3) is 0 Å². The van der Waals surface area contributed by atoms with Crippen LogP contribution in [-0.2, 0) is 4.74 Å². The molecule has 5 nitrogen and oxygen atoms in total. The van der Waals surface area contributed by atoms with Crippen LogP contribution in [0.5, 0.6) is 5.88 Å². The fourth-order valence-electron chi connectivity index (χ4n) is 1.42. The molecule has 0 saturated heterocycles. The Labute approximate surface area is 120 Å². The number of aliphatic hydroxyl groups is 1. The van der Waals surface area contributed by atoms with Gasteiger partial charge in [-0.15, -0.1) is 0 Å². The first kappa shape index (κ1) is 16.0. The number of ether oxygens (including phenoxy) is 2. The van der Waals surface area contributed by atoms with Gasteiger partial charge in [-0.2, -0.15) is 0 Å². The fourth-order valence-corrected chi connectivity index (χ4v) is 1.42. The number of aromatic nitrogens is 1. The van der Waals surface area contributed by atoms with Gasteiger partial charge in [0.15, 0.2) is 0 Å². The maximum Gasteiger partial charge on any atom is 0.242 e. The average Bonchev–Trinajstić information content (AvgIpc) is 2.44. The Morgan fingerprint density at radius 3 is 2.60 bits per heavy atom. The molecule has 0 amide bonds. The summed E-state index contributed by atoms with van der Waals surface area (Å²) in [6, 6.07) is 3.65. The average molecular weight is 278 g/mol. The minimum Gasteiger partial charge on any atom is -0.501 e. The molecule has 0 bridgehead atoms. The molecular weight excluding hydrogens is 256 g/mol. The monoisotopic (exact) mass is 278 g/mol. The van der Waals surface area contributed by atoms with Crippen molar-refractivity contribution >= 4 is 5.69 Å². The Morgan fingerprint density at radius 1 is 1.35 bits per heavy atom. The van der Waals surface area contributed by atoms with E-state index in [-0.39, 0.29) is 0 Å². The van der Waals surface area contributed by atoms with Crippen LogP contribution in [0.3, 0.4) is 0 Å². The zero-order valence-corrected chi connectivity index (χ0v) is 12.6. The number of pyridine rings is 1. The van der Waals surface area contributed by atoms with E-state index in [1.165, 1.54) is 0 Å². The predicted molar refractivity (Wildman–Crippen MR) is 79.5 cm³/mol. The summed E-state index contributed by atoms with van der Waals surface area (Å²) < 4.78 is 10.8. The van der Waals surface area contributed by atoms with E-state index in [1.807, 2.05) is 26.0 Å². The Balaban J connectivity index is 2.93. The van der Waals surface area contributed by atoms with Gasteiger partial charge in [0.2, 0.25) is 5.88 Å². The van der Waals surface area contributed by atoms with Crippen molar-refractivity contribution < 1.29 is 14.6 Å². The van der Waals surface area contributed by atoms with Crippen molar-refractivity contribution in [1.29, 1.82) is 0 Å². The largest absolute Gasteiger partial charge is 0.501 e. The lowest BCUT2D eigenvalue weighted by molar-refractivity contribution is 0.194. The third-order valence-electron chi connectivity index (χ3n) is 2.82. The topological polar surface area (TPSA) is 54.8 Å². The highest BCUT2D eigenvalue weighted by molar-refractivity contribution is 5.54. The lowest BCUT2D eigenvalue weighted by Crippen LogP contribution is -2.28. The van der Waals surface area contributed by atoms with Crippen molar-refractivity contribution in [1.82, 2.24) is 4.98 Å². The summed E-state index contributed by atoms with van der Waals surface area (Å²) in [4.78, 5) is 5.89. The maximum atomic E-state index is 9.64. The first-order valence-electron chi connectivity index (χ1n) is 6.38. The number of anilines is 1. The summed E-state index contributed by atoms with van der Waals surface area (Å²) in [5.41, 5.74) is 0.725. The van der Waals surface area contributed by atoms with Crippen molar-refractivity contribution in [3.8, 4) is 5.88 Å². The molecule has 0 aliphatic heterocycles. The van der Waals surface area contributed by atoms with E-state index in [0.717, 1.165) is 11.4 Å². The highest BCUT2D eigenvalue weighted by atomic mass is 16.5. The van der Waals surface area contributed by atoms with Crippen molar-refractivity contribution in [2.45, 2.75) is 27.0 Å². The predicted octanol–water partition coefficient (Wildman–Crippen LogP) is 2.69. The summed E-state index contributed by atoms with van der Waals surface area (Å²) in [5.74, 6) is 1.92. The molecule has 0 aliphatic carbocycles. The standard InChI is InChI=1S/C15H22N2O3/c1-11(19-5)8-9-12(2)20-15-14(7-6-10-16-15)17(4)13(3)18/h6-10,13,18H,1-5H3. The summed E-state index contributed by atoms with van der Waals surface area (Å²) in [6.45, 7) is 5.38. The van der Waals surface area contributed by atoms with Crippen molar-refractivity contribution in [3.05, 3.63) is 42.0 Å². The molecule has 20 heavy (non-hydrogen) atoms. The van der Waals surface area contributed by atoms with E-state index in [9.17, 15) is 5.11 Å². The Bertz CT molecular complexity index is 496. The molecule has 0 aliphatic rings. The minimum atomic E-state index is -0.624. The highest BCUT2D eigenvalue weighted by Gasteiger charge is 2.13. The van der Waals surface area contributed by atoms with E-state index in [4.69, 9.17) is 9.47 Å². The van der Waals surface area contributed by atoms with Gasteiger partial charge in [0.05, 0.1) is 12.9 Å². The minimum absolute atomic E-state index is 0.452. The third-order valence-corrected chi connectivity index (χ3v) is 2.82. The Kier molecular flexibility index (Phi) is 6.06. The smallest absolute Gasteiger partial charge is 0.242 e. The second-order valence-electron chi connectivity index (χ2n) is 4.43. The van der Waals surface area contributed by atoms with Gasteiger partial charge in [0.25, 0.3) is 0 Å². The number of allylic oxidation sites excluding steroid dienone is 4. The van der Waals surface area contributed by atoms with E-state index in [1.54, 1.807) is 44.3 Å². The number of methoxy groups -OCH3 is 1.